The van der Waals surface area contributed by atoms with E-state index in [0.29, 0.717) is 16.8 Å². The monoisotopic (exact) mass is 359 g/mol. The SMILES string of the molecule is Cc1cc(C(=O)N2CCCC2)ccc1NC(=O)c1ccc2ncccc2c1. The minimum atomic E-state index is -0.178. The lowest BCUT2D eigenvalue weighted by Gasteiger charge is -2.16. The number of aryl methyl sites for hydroxylation is 1. The van der Waals surface area contributed by atoms with Crippen LogP contribution in [0.15, 0.2) is 54.7 Å². The quantitative estimate of drug-likeness (QED) is 0.768. The van der Waals surface area contributed by atoms with Gasteiger partial charge in [-0.3, -0.25) is 14.6 Å². The highest BCUT2D eigenvalue weighted by Crippen LogP contribution is 2.21. The van der Waals surface area contributed by atoms with Gasteiger partial charge in [0.1, 0.15) is 0 Å². The molecule has 0 bridgehead atoms. The van der Waals surface area contributed by atoms with Crippen molar-refractivity contribution in [3.05, 3.63) is 71.4 Å². The van der Waals surface area contributed by atoms with Gasteiger partial charge in [-0.05, 0) is 67.8 Å². The summed E-state index contributed by atoms with van der Waals surface area (Å²) in [6, 6.07) is 14.7. The van der Waals surface area contributed by atoms with Crippen LogP contribution in [0.4, 0.5) is 5.69 Å². The number of carbonyl (C=O) groups is 2. The predicted molar refractivity (Wildman–Crippen MR) is 106 cm³/mol. The molecule has 3 aromatic rings. The Morgan fingerprint density at radius 1 is 1.00 bits per heavy atom. The molecule has 1 N–H and O–H groups in total. The van der Waals surface area contributed by atoms with E-state index in [0.717, 1.165) is 42.4 Å². The number of likely N-dealkylation sites (tertiary alicyclic amines) is 1. The highest BCUT2D eigenvalue weighted by Gasteiger charge is 2.20. The van der Waals surface area contributed by atoms with Gasteiger partial charge in [0.2, 0.25) is 0 Å². The molecule has 2 amide bonds. The number of nitrogens with one attached hydrogen (secondary N) is 1. The second kappa shape index (κ2) is 7.19. The van der Waals surface area contributed by atoms with Crippen molar-refractivity contribution in [2.45, 2.75) is 19.8 Å². The van der Waals surface area contributed by atoms with Crippen LogP contribution in [-0.2, 0) is 0 Å². The number of anilines is 1. The second-order valence-corrected chi connectivity index (χ2v) is 6.89. The van der Waals surface area contributed by atoms with Crippen LogP contribution in [-0.4, -0.2) is 34.8 Å². The van der Waals surface area contributed by atoms with Crippen molar-refractivity contribution in [2.75, 3.05) is 18.4 Å². The summed E-state index contributed by atoms with van der Waals surface area (Å²) < 4.78 is 0. The van der Waals surface area contributed by atoms with Gasteiger partial charge in [-0.1, -0.05) is 6.07 Å². The minimum absolute atomic E-state index is 0.0653. The highest BCUT2D eigenvalue weighted by atomic mass is 16.2. The maximum absolute atomic E-state index is 12.6. The van der Waals surface area contributed by atoms with Crippen molar-refractivity contribution in [1.29, 1.82) is 0 Å². The van der Waals surface area contributed by atoms with Crippen LogP contribution < -0.4 is 5.32 Å². The zero-order valence-corrected chi connectivity index (χ0v) is 15.2. The number of pyridine rings is 1. The first kappa shape index (κ1) is 17.2. The third-order valence-electron chi connectivity index (χ3n) is 4.98. The van der Waals surface area contributed by atoms with E-state index in [9.17, 15) is 9.59 Å². The van der Waals surface area contributed by atoms with Crippen LogP contribution in [0.25, 0.3) is 10.9 Å². The Hall–Kier alpha value is -3.21. The van der Waals surface area contributed by atoms with Crippen molar-refractivity contribution in [3.8, 4) is 0 Å². The van der Waals surface area contributed by atoms with Crippen LogP contribution in [0.2, 0.25) is 0 Å². The van der Waals surface area contributed by atoms with E-state index in [-0.39, 0.29) is 11.8 Å². The van der Waals surface area contributed by atoms with E-state index < -0.39 is 0 Å². The van der Waals surface area contributed by atoms with Crippen molar-refractivity contribution in [2.24, 2.45) is 0 Å². The highest BCUT2D eigenvalue weighted by molar-refractivity contribution is 6.06. The Kier molecular flexibility index (Phi) is 4.59. The number of nitrogens with zero attached hydrogens (tertiary/aromatic N) is 2. The molecule has 5 heteroatoms. The fraction of sp³-hybridized carbons (Fsp3) is 0.227. The summed E-state index contributed by atoms with van der Waals surface area (Å²) in [7, 11) is 0. The third-order valence-corrected chi connectivity index (χ3v) is 4.98. The van der Waals surface area contributed by atoms with E-state index >= 15 is 0 Å². The maximum Gasteiger partial charge on any atom is 0.255 e. The minimum Gasteiger partial charge on any atom is -0.339 e. The van der Waals surface area contributed by atoms with Gasteiger partial charge in [-0.2, -0.15) is 0 Å². The number of amides is 2. The number of benzene rings is 2. The number of hydrogen-bond acceptors (Lipinski definition) is 3. The van der Waals surface area contributed by atoms with Gasteiger partial charge in [0.05, 0.1) is 5.52 Å². The molecule has 1 aromatic heterocycles. The molecule has 0 atom stereocenters. The zero-order valence-electron chi connectivity index (χ0n) is 15.2. The molecule has 0 saturated carbocycles. The molecule has 4 rings (SSSR count). The topological polar surface area (TPSA) is 62.3 Å². The molecule has 1 aliphatic heterocycles. The van der Waals surface area contributed by atoms with Gasteiger partial charge in [0, 0.05) is 41.5 Å². The van der Waals surface area contributed by atoms with Gasteiger partial charge in [0.15, 0.2) is 0 Å². The number of hydrogen-bond donors (Lipinski definition) is 1. The lowest BCUT2D eigenvalue weighted by atomic mass is 10.1. The average molecular weight is 359 g/mol. The average Bonchev–Trinajstić information content (AvgIpc) is 3.23. The van der Waals surface area contributed by atoms with Crippen LogP contribution in [0, 0.1) is 6.92 Å². The molecule has 1 fully saturated rings. The third kappa shape index (κ3) is 3.53. The van der Waals surface area contributed by atoms with Crippen molar-refractivity contribution in [3.63, 3.8) is 0 Å². The largest absolute Gasteiger partial charge is 0.339 e. The molecule has 5 nitrogen and oxygen atoms in total. The van der Waals surface area contributed by atoms with Crippen molar-refractivity contribution < 1.29 is 9.59 Å². The van der Waals surface area contributed by atoms with Crippen molar-refractivity contribution in [1.82, 2.24) is 9.88 Å². The fourth-order valence-electron chi connectivity index (χ4n) is 3.45. The molecule has 0 radical (unpaired) electrons. The number of rotatable bonds is 3. The Labute approximate surface area is 158 Å². The number of fused-ring (bicyclic) bond motifs is 1. The van der Waals surface area contributed by atoms with Crippen LogP contribution in [0.5, 0.6) is 0 Å². The van der Waals surface area contributed by atoms with Gasteiger partial charge in [-0.25, -0.2) is 0 Å². The fourth-order valence-corrected chi connectivity index (χ4v) is 3.45. The van der Waals surface area contributed by atoms with Crippen LogP contribution in [0.1, 0.15) is 39.1 Å². The summed E-state index contributed by atoms with van der Waals surface area (Å²) in [4.78, 5) is 31.3. The van der Waals surface area contributed by atoms with E-state index in [2.05, 4.69) is 10.3 Å². The van der Waals surface area contributed by atoms with Crippen LogP contribution >= 0.6 is 0 Å². The summed E-state index contributed by atoms with van der Waals surface area (Å²) in [5.41, 5.74) is 3.69. The summed E-state index contributed by atoms with van der Waals surface area (Å²) in [6.07, 6.45) is 3.87. The maximum atomic E-state index is 12.6. The molecule has 0 aliphatic carbocycles. The summed E-state index contributed by atoms with van der Waals surface area (Å²) in [5.74, 6) is -0.113. The normalized spacial score (nSPS) is 13.7. The van der Waals surface area contributed by atoms with E-state index in [1.54, 1.807) is 24.4 Å². The Morgan fingerprint density at radius 2 is 1.78 bits per heavy atom. The molecule has 1 aliphatic rings. The molecule has 136 valence electrons. The van der Waals surface area contributed by atoms with Gasteiger partial charge in [0.25, 0.3) is 11.8 Å². The molecule has 0 spiro atoms. The Balaban J connectivity index is 1.52. The summed E-state index contributed by atoms with van der Waals surface area (Å²) in [5, 5.41) is 3.87. The van der Waals surface area contributed by atoms with Crippen molar-refractivity contribution >= 4 is 28.4 Å². The smallest absolute Gasteiger partial charge is 0.255 e. The Morgan fingerprint density at radius 3 is 2.56 bits per heavy atom. The first-order valence-electron chi connectivity index (χ1n) is 9.18. The molecule has 2 aromatic carbocycles. The number of aromatic nitrogens is 1. The molecular weight excluding hydrogens is 338 g/mol. The van der Waals surface area contributed by atoms with E-state index in [1.807, 2.05) is 42.2 Å². The molecule has 2 heterocycles. The summed E-state index contributed by atoms with van der Waals surface area (Å²) in [6.45, 7) is 3.56. The first-order valence-corrected chi connectivity index (χ1v) is 9.18. The lowest BCUT2D eigenvalue weighted by molar-refractivity contribution is 0.0792. The van der Waals surface area contributed by atoms with Crippen LogP contribution in [0.3, 0.4) is 0 Å². The molecular formula is C22H21N3O2. The molecule has 0 unspecified atom stereocenters. The second-order valence-electron chi connectivity index (χ2n) is 6.89. The standard InChI is InChI=1S/C22H21N3O2/c1-15-13-18(22(27)25-11-2-3-12-25)7-8-19(15)24-21(26)17-6-9-20-16(14-17)5-4-10-23-20/h4-10,13-14H,2-3,11-12H2,1H3,(H,24,26). The molecule has 1 saturated heterocycles. The predicted octanol–water partition coefficient (Wildman–Crippen LogP) is 4.03. The van der Waals surface area contributed by atoms with Gasteiger partial charge >= 0.3 is 0 Å². The number of carbonyl (C=O) groups excluding carboxylic acids is 2. The van der Waals surface area contributed by atoms with Gasteiger partial charge < -0.3 is 10.2 Å². The zero-order chi connectivity index (χ0) is 18.8. The molecule has 27 heavy (non-hydrogen) atoms. The van der Waals surface area contributed by atoms with Gasteiger partial charge in [-0.15, -0.1) is 0 Å². The Bertz CT molecular complexity index is 1020. The van der Waals surface area contributed by atoms with E-state index in [1.165, 1.54) is 0 Å². The van der Waals surface area contributed by atoms with E-state index in [4.69, 9.17) is 0 Å². The lowest BCUT2D eigenvalue weighted by Crippen LogP contribution is -2.27. The summed E-state index contributed by atoms with van der Waals surface area (Å²) >= 11 is 0. The first-order chi connectivity index (χ1) is 13.1.